The van der Waals surface area contributed by atoms with E-state index in [0.29, 0.717) is 11.7 Å². The molecule has 0 bridgehead atoms. The zero-order valence-corrected chi connectivity index (χ0v) is 14.7. The Morgan fingerprint density at radius 2 is 1.81 bits per heavy atom. The third-order valence-electron chi connectivity index (χ3n) is 4.92. The van der Waals surface area contributed by atoms with Crippen LogP contribution in [0.1, 0.15) is 35.1 Å². The minimum absolute atomic E-state index is 0.0146. The molecule has 0 atom stereocenters. The average Bonchev–Trinajstić information content (AvgIpc) is 3.10. The first kappa shape index (κ1) is 16.4. The summed E-state index contributed by atoms with van der Waals surface area (Å²) >= 11 is 0. The Hall–Kier alpha value is -3.02. The molecule has 0 N–H and O–H groups in total. The van der Waals surface area contributed by atoms with Crippen molar-refractivity contribution in [3.63, 3.8) is 0 Å². The van der Waals surface area contributed by atoms with Crippen LogP contribution >= 0.6 is 0 Å². The van der Waals surface area contributed by atoms with E-state index in [0.717, 1.165) is 43.0 Å². The number of pyridine rings is 2. The lowest BCUT2D eigenvalue weighted by Gasteiger charge is -2.33. The van der Waals surface area contributed by atoms with Crippen LogP contribution in [0.3, 0.4) is 0 Å². The summed E-state index contributed by atoms with van der Waals surface area (Å²) in [5, 5.41) is 0. The smallest absolute Gasteiger partial charge is 0.272 e. The van der Waals surface area contributed by atoms with E-state index < -0.39 is 0 Å². The number of amides is 1. The number of aryl methyl sites for hydroxylation is 1. The van der Waals surface area contributed by atoms with Gasteiger partial charge in [-0.1, -0.05) is 6.07 Å². The van der Waals surface area contributed by atoms with Gasteiger partial charge in [0, 0.05) is 55.2 Å². The molecule has 0 spiro atoms. The molecule has 3 aromatic rings. The number of piperidine rings is 1. The van der Waals surface area contributed by atoms with Crippen molar-refractivity contribution in [1.29, 1.82) is 0 Å². The van der Waals surface area contributed by atoms with E-state index in [1.54, 1.807) is 24.7 Å². The molecule has 1 saturated heterocycles. The maximum atomic E-state index is 12.6. The van der Waals surface area contributed by atoms with Crippen LogP contribution < -0.4 is 0 Å². The molecule has 1 aliphatic heterocycles. The minimum Gasteiger partial charge on any atom is -0.337 e. The van der Waals surface area contributed by atoms with Crippen LogP contribution in [0.5, 0.6) is 0 Å². The van der Waals surface area contributed by atoms with Gasteiger partial charge in [-0.05, 0) is 44.0 Å². The zero-order valence-electron chi connectivity index (χ0n) is 14.7. The molecule has 0 unspecified atom stereocenters. The molecule has 0 aliphatic carbocycles. The van der Waals surface area contributed by atoms with Gasteiger partial charge in [0.25, 0.3) is 5.91 Å². The highest BCUT2D eigenvalue weighted by atomic mass is 16.2. The molecule has 0 aromatic carbocycles. The number of imidazole rings is 1. The second-order valence-corrected chi connectivity index (χ2v) is 6.57. The van der Waals surface area contributed by atoms with Gasteiger partial charge in [0.15, 0.2) is 0 Å². The van der Waals surface area contributed by atoms with Crippen molar-refractivity contribution in [2.24, 2.45) is 0 Å². The summed E-state index contributed by atoms with van der Waals surface area (Å²) in [6.07, 6.45) is 8.98. The van der Waals surface area contributed by atoms with Crippen molar-refractivity contribution >= 4 is 5.91 Å². The molecule has 3 aromatic heterocycles. The zero-order chi connectivity index (χ0) is 17.9. The SMILES string of the molecule is Cc1cnc(-c2ccncc2)n1C1CCN(C(=O)c2ccccn2)CC1. The molecule has 132 valence electrons. The van der Waals surface area contributed by atoms with Crippen molar-refractivity contribution < 1.29 is 4.79 Å². The normalized spacial score (nSPS) is 15.2. The van der Waals surface area contributed by atoms with E-state index in [1.807, 2.05) is 35.4 Å². The van der Waals surface area contributed by atoms with Gasteiger partial charge in [-0.3, -0.25) is 14.8 Å². The lowest BCUT2D eigenvalue weighted by Crippen LogP contribution is -2.39. The first-order chi connectivity index (χ1) is 12.7. The van der Waals surface area contributed by atoms with Crippen LogP contribution in [0, 0.1) is 6.92 Å². The number of likely N-dealkylation sites (tertiary alicyclic amines) is 1. The van der Waals surface area contributed by atoms with Gasteiger partial charge >= 0.3 is 0 Å². The van der Waals surface area contributed by atoms with E-state index in [9.17, 15) is 4.79 Å². The minimum atomic E-state index is 0.0146. The molecule has 0 saturated carbocycles. The molecule has 4 rings (SSSR count). The molecule has 1 fully saturated rings. The molecule has 6 nitrogen and oxygen atoms in total. The highest BCUT2D eigenvalue weighted by molar-refractivity contribution is 5.92. The van der Waals surface area contributed by atoms with Crippen LogP contribution in [-0.2, 0) is 0 Å². The molecule has 0 radical (unpaired) electrons. The van der Waals surface area contributed by atoms with Crippen LogP contribution in [0.25, 0.3) is 11.4 Å². The third kappa shape index (κ3) is 3.10. The van der Waals surface area contributed by atoms with Gasteiger partial charge < -0.3 is 9.47 Å². The lowest BCUT2D eigenvalue weighted by molar-refractivity contribution is 0.0688. The molecular formula is C20H21N5O. The molecule has 1 amide bonds. The lowest BCUT2D eigenvalue weighted by atomic mass is 10.0. The van der Waals surface area contributed by atoms with Crippen LogP contribution in [0.2, 0.25) is 0 Å². The largest absolute Gasteiger partial charge is 0.337 e. The average molecular weight is 347 g/mol. The van der Waals surface area contributed by atoms with E-state index in [-0.39, 0.29) is 5.91 Å². The number of hydrogen-bond acceptors (Lipinski definition) is 4. The Bertz CT molecular complexity index is 883. The van der Waals surface area contributed by atoms with Crippen molar-refractivity contribution in [1.82, 2.24) is 24.4 Å². The van der Waals surface area contributed by atoms with Gasteiger partial charge in [0.1, 0.15) is 11.5 Å². The van der Waals surface area contributed by atoms with Gasteiger partial charge in [0.2, 0.25) is 0 Å². The van der Waals surface area contributed by atoms with Crippen molar-refractivity contribution in [2.75, 3.05) is 13.1 Å². The molecule has 4 heterocycles. The third-order valence-corrected chi connectivity index (χ3v) is 4.92. The Morgan fingerprint density at radius 1 is 1.04 bits per heavy atom. The summed E-state index contributed by atoms with van der Waals surface area (Å²) in [5.74, 6) is 0.986. The summed E-state index contributed by atoms with van der Waals surface area (Å²) in [4.78, 5) is 27.4. The predicted molar refractivity (Wildman–Crippen MR) is 98.6 cm³/mol. The number of aromatic nitrogens is 4. The number of carbonyl (C=O) groups excluding carboxylic acids is 1. The van der Waals surface area contributed by atoms with Crippen molar-refractivity contribution in [3.8, 4) is 11.4 Å². The summed E-state index contributed by atoms with van der Waals surface area (Å²) in [6.45, 7) is 3.55. The Morgan fingerprint density at radius 3 is 2.50 bits per heavy atom. The Balaban J connectivity index is 1.51. The highest BCUT2D eigenvalue weighted by Crippen LogP contribution is 2.30. The first-order valence-electron chi connectivity index (χ1n) is 8.88. The summed E-state index contributed by atoms with van der Waals surface area (Å²) in [6, 6.07) is 9.76. The van der Waals surface area contributed by atoms with E-state index in [4.69, 9.17) is 0 Å². The van der Waals surface area contributed by atoms with E-state index in [1.165, 1.54) is 0 Å². The Kier molecular flexibility index (Phi) is 4.48. The number of hydrogen-bond donors (Lipinski definition) is 0. The summed E-state index contributed by atoms with van der Waals surface area (Å²) < 4.78 is 2.30. The highest BCUT2D eigenvalue weighted by Gasteiger charge is 2.27. The number of nitrogens with zero attached hydrogens (tertiary/aromatic N) is 5. The Labute approximate surface area is 152 Å². The van der Waals surface area contributed by atoms with Crippen molar-refractivity contribution in [3.05, 3.63) is 66.5 Å². The van der Waals surface area contributed by atoms with Crippen molar-refractivity contribution in [2.45, 2.75) is 25.8 Å². The topological polar surface area (TPSA) is 63.9 Å². The maximum absolute atomic E-state index is 12.6. The fourth-order valence-corrected chi connectivity index (χ4v) is 3.60. The molecule has 6 heteroatoms. The van der Waals surface area contributed by atoms with E-state index >= 15 is 0 Å². The maximum Gasteiger partial charge on any atom is 0.272 e. The first-order valence-corrected chi connectivity index (χ1v) is 8.88. The van der Waals surface area contributed by atoms with Crippen LogP contribution in [0.15, 0.2) is 55.1 Å². The van der Waals surface area contributed by atoms with Crippen LogP contribution in [0.4, 0.5) is 0 Å². The van der Waals surface area contributed by atoms with E-state index in [2.05, 4.69) is 26.4 Å². The molecular weight excluding hydrogens is 326 g/mol. The number of carbonyl (C=O) groups is 1. The monoisotopic (exact) mass is 347 g/mol. The molecule has 1 aliphatic rings. The van der Waals surface area contributed by atoms with Gasteiger partial charge in [-0.15, -0.1) is 0 Å². The predicted octanol–water partition coefficient (Wildman–Crippen LogP) is 3.13. The quantitative estimate of drug-likeness (QED) is 0.730. The number of rotatable bonds is 3. The fraction of sp³-hybridized carbons (Fsp3) is 0.300. The second kappa shape index (κ2) is 7.07. The van der Waals surface area contributed by atoms with Gasteiger partial charge in [0.05, 0.1) is 0 Å². The summed E-state index contributed by atoms with van der Waals surface area (Å²) in [7, 11) is 0. The van der Waals surface area contributed by atoms with Crippen LogP contribution in [-0.4, -0.2) is 43.4 Å². The second-order valence-electron chi connectivity index (χ2n) is 6.57. The van der Waals surface area contributed by atoms with Gasteiger partial charge in [-0.2, -0.15) is 0 Å². The summed E-state index contributed by atoms with van der Waals surface area (Å²) in [5.41, 5.74) is 2.73. The standard InChI is InChI=1S/C20H21N5O/c1-15-14-23-19(16-5-10-21-11-6-16)25(15)17-7-12-24(13-8-17)20(26)18-4-2-3-9-22-18/h2-6,9-11,14,17H,7-8,12-13H2,1H3. The molecule has 26 heavy (non-hydrogen) atoms. The van der Waals surface area contributed by atoms with Gasteiger partial charge in [-0.25, -0.2) is 4.98 Å². The fourth-order valence-electron chi connectivity index (χ4n) is 3.60.